The molecule has 25 heavy (non-hydrogen) atoms. The zero-order chi connectivity index (χ0) is 18.5. The predicted octanol–water partition coefficient (Wildman–Crippen LogP) is 4.53. The Morgan fingerprint density at radius 1 is 1.40 bits per heavy atom. The van der Waals surface area contributed by atoms with E-state index >= 15 is 0 Å². The highest BCUT2D eigenvalue weighted by atomic mass is 19.3. The van der Waals surface area contributed by atoms with Gasteiger partial charge in [0.1, 0.15) is 11.5 Å². The maximum absolute atomic E-state index is 14.3. The molecule has 2 aromatic rings. The van der Waals surface area contributed by atoms with E-state index in [9.17, 15) is 18.0 Å². The van der Waals surface area contributed by atoms with Gasteiger partial charge in [0.15, 0.2) is 0 Å². The number of aryl methyl sites for hydroxylation is 1. The van der Waals surface area contributed by atoms with Gasteiger partial charge in [0.05, 0.1) is 5.56 Å². The number of nitrogens with zero attached hydrogens (tertiary/aromatic N) is 2. The number of nitrogens with one attached hydrogen (secondary N) is 1. The van der Waals surface area contributed by atoms with Gasteiger partial charge in [0, 0.05) is 18.9 Å². The van der Waals surface area contributed by atoms with Crippen molar-refractivity contribution in [3.05, 3.63) is 46.5 Å². The van der Waals surface area contributed by atoms with Crippen molar-refractivity contribution in [3.8, 4) is 0 Å². The Hall–Kier alpha value is -2.31. The lowest BCUT2D eigenvalue weighted by molar-refractivity contribution is 0.101. The van der Waals surface area contributed by atoms with Gasteiger partial charge >= 0.3 is 0 Å². The number of carbonyl (C=O) groups is 1. The van der Waals surface area contributed by atoms with Crippen LogP contribution in [0.3, 0.4) is 0 Å². The van der Waals surface area contributed by atoms with Crippen LogP contribution in [0.15, 0.2) is 18.3 Å². The van der Waals surface area contributed by atoms with E-state index in [1.54, 1.807) is 0 Å². The average Bonchev–Trinajstić information content (AvgIpc) is 3.00. The molecule has 7 heteroatoms. The molecule has 0 radical (unpaired) electrons. The topological polar surface area (TPSA) is 46.9 Å². The third-order valence-electron chi connectivity index (χ3n) is 4.74. The first-order valence-electron chi connectivity index (χ1n) is 8.07. The number of benzene rings is 1. The third-order valence-corrected chi connectivity index (χ3v) is 4.74. The molecule has 1 aromatic heterocycles. The van der Waals surface area contributed by atoms with Gasteiger partial charge in [0.25, 0.3) is 12.3 Å². The molecule has 0 bridgehead atoms. The van der Waals surface area contributed by atoms with Gasteiger partial charge < -0.3 is 5.32 Å². The lowest BCUT2D eigenvalue weighted by Crippen LogP contribution is -2.17. The second kappa shape index (κ2) is 5.89. The van der Waals surface area contributed by atoms with E-state index in [1.807, 2.05) is 20.8 Å². The van der Waals surface area contributed by atoms with Crippen molar-refractivity contribution >= 4 is 11.6 Å². The SMILES string of the molecule is C[C@H]1CC(C)(C)c2c(F)ccc(NC(=O)c3cn(C)nc3C(F)F)c21. The highest BCUT2D eigenvalue weighted by Gasteiger charge is 2.39. The van der Waals surface area contributed by atoms with E-state index < -0.39 is 18.0 Å². The number of alkyl halides is 2. The number of aromatic nitrogens is 2. The molecule has 0 fully saturated rings. The van der Waals surface area contributed by atoms with Crippen LogP contribution in [-0.2, 0) is 12.5 Å². The zero-order valence-corrected chi connectivity index (χ0v) is 14.5. The van der Waals surface area contributed by atoms with Crippen LogP contribution in [0.5, 0.6) is 0 Å². The van der Waals surface area contributed by atoms with Crippen molar-refractivity contribution in [2.24, 2.45) is 7.05 Å². The standard InChI is InChI=1S/C18H20F3N3O/c1-9-7-18(2,3)14-11(19)5-6-12(13(9)14)22-17(25)10-8-24(4)23-15(10)16(20)21/h5-6,8-9,16H,7H2,1-4H3,(H,22,25)/t9-/m0/s1. The van der Waals surface area contributed by atoms with Crippen LogP contribution in [0.1, 0.15) is 66.7 Å². The second-order valence-corrected chi connectivity index (χ2v) is 7.23. The lowest BCUT2D eigenvalue weighted by atomic mass is 9.85. The zero-order valence-electron chi connectivity index (χ0n) is 14.5. The molecule has 0 aliphatic heterocycles. The lowest BCUT2D eigenvalue weighted by Gasteiger charge is -2.20. The highest BCUT2D eigenvalue weighted by Crippen LogP contribution is 2.49. The Kier molecular flexibility index (Phi) is 4.13. The molecule has 4 nitrogen and oxygen atoms in total. The maximum atomic E-state index is 14.3. The molecule has 0 unspecified atom stereocenters. The fourth-order valence-electron chi connectivity index (χ4n) is 3.90. The van der Waals surface area contributed by atoms with Gasteiger partial charge in [-0.25, -0.2) is 13.2 Å². The van der Waals surface area contributed by atoms with Crippen molar-refractivity contribution in [3.63, 3.8) is 0 Å². The minimum atomic E-state index is -2.85. The molecule has 1 aliphatic carbocycles. The van der Waals surface area contributed by atoms with Gasteiger partial charge in [-0.15, -0.1) is 0 Å². The molecule has 1 atom stereocenters. The molecule has 0 saturated carbocycles. The van der Waals surface area contributed by atoms with Crippen LogP contribution in [0.25, 0.3) is 0 Å². The molecule has 0 spiro atoms. The van der Waals surface area contributed by atoms with Crippen LogP contribution in [0.4, 0.5) is 18.9 Å². The van der Waals surface area contributed by atoms with Gasteiger partial charge in [-0.2, -0.15) is 5.10 Å². The molecule has 1 heterocycles. The van der Waals surface area contributed by atoms with Gasteiger partial charge in [0.2, 0.25) is 0 Å². The summed E-state index contributed by atoms with van der Waals surface area (Å²) in [5.41, 5.74) is 0.692. The van der Waals surface area contributed by atoms with Crippen LogP contribution in [-0.4, -0.2) is 15.7 Å². The summed E-state index contributed by atoms with van der Waals surface area (Å²) >= 11 is 0. The number of carbonyl (C=O) groups excluding carboxylic acids is 1. The van der Waals surface area contributed by atoms with E-state index in [-0.39, 0.29) is 22.7 Å². The summed E-state index contributed by atoms with van der Waals surface area (Å²) in [5.74, 6) is -0.925. The monoisotopic (exact) mass is 351 g/mol. The number of hydrogen-bond donors (Lipinski definition) is 1. The molecule has 1 amide bonds. The van der Waals surface area contributed by atoms with Crippen molar-refractivity contribution < 1.29 is 18.0 Å². The van der Waals surface area contributed by atoms with E-state index in [2.05, 4.69) is 10.4 Å². The van der Waals surface area contributed by atoms with E-state index in [0.717, 1.165) is 12.0 Å². The number of anilines is 1. The molecule has 3 rings (SSSR count). The van der Waals surface area contributed by atoms with Crippen molar-refractivity contribution in [1.82, 2.24) is 9.78 Å². The first kappa shape index (κ1) is 17.5. The summed E-state index contributed by atoms with van der Waals surface area (Å²) in [6, 6.07) is 2.80. The smallest absolute Gasteiger partial charge is 0.282 e. The number of amides is 1. The number of halogens is 3. The molecular weight excluding hydrogens is 331 g/mol. The van der Waals surface area contributed by atoms with Gasteiger partial charge in [-0.05, 0) is 41.0 Å². The summed E-state index contributed by atoms with van der Waals surface area (Å²) < 4.78 is 41.7. The summed E-state index contributed by atoms with van der Waals surface area (Å²) in [6.45, 7) is 5.89. The summed E-state index contributed by atoms with van der Waals surface area (Å²) in [4.78, 5) is 12.5. The van der Waals surface area contributed by atoms with Crippen molar-refractivity contribution in [2.75, 3.05) is 5.32 Å². The van der Waals surface area contributed by atoms with Crippen LogP contribution < -0.4 is 5.32 Å². The quantitative estimate of drug-likeness (QED) is 0.883. The molecule has 1 N–H and O–H groups in total. The van der Waals surface area contributed by atoms with Crippen LogP contribution >= 0.6 is 0 Å². The van der Waals surface area contributed by atoms with E-state index in [0.29, 0.717) is 11.3 Å². The fraction of sp³-hybridized carbons (Fsp3) is 0.444. The van der Waals surface area contributed by atoms with E-state index in [1.165, 1.54) is 30.1 Å². The first-order chi connectivity index (χ1) is 11.6. The second-order valence-electron chi connectivity index (χ2n) is 7.23. The molecule has 1 aliphatic rings. The molecule has 0 saturated heterocycles. The van der Waals surface area contributed by atoms with Gasteiger partial charge in [-0.1, -0.05) is 20.8 Å². The number of fused-ring (bicyclic) bond motifs is 1. The van der Waals surface area contributed by atoms with Crippen molar-refractivity contribution in [1.29, 1.82) is 0 Å². The highest BCUT2D eigenvalue weighted by molar-refractivity contribution is 6.05. The average molecular weight is 351 g/mol. The van der Waals surface area contributed by atoms with Crippen LogP contribution in [0.2, 0.25) is 0 Å². The summed E-state index contributed by atoms with van der Waals surface area (Å²) in [7, 11) is 1.48. The minimum Gasteiger partial charge on any atom is -0.322 e. The molecular formula is C18H20F3N3O. The Labute approximate surface area is 144 Å². The number of rotatable bonds is 3. The molecule has 1 aromatic carbocycles. The number of hydrogen-bond acceptors (Lipinski definition) is 2. The Balaban J connectivity index is 2.01. The van der Waals surface area contributed by atoms with Crippen molar-refractivity contribution in [2.45, 2.75) is 45.0 Å². The Morgan fingerprint density at radius 2 is 2.08 bits per heavy atom. The Bertz CT molecular complexity index is 842. The maximum Gasteiger partial charge on any atom is 0.282 e. The third kappa shape index (κ3) is 2.92. The Morgan fingerprint density at radius 3 is 2.72 bits per heavy atom. The van der Waals surface area contributed by atoms with Crippen LogP contribution in [0, 0.1) is 5.82 Å². The molecule has 134 valence electrons. The van der Waals surface area contributed by atoms with Gasteiger partial charge in [-0.3, -0.25) is 9.48 Å². The minimum absolute atomic E-state index is 0.0551. The summed E-state index contributed by atoms with van der Waals surface area (Å²) in [6.07, 6.45) is -0.839. The summed E-state index contributed by atoms with van der Waals surface area (Å²) in [5, 5.41) is 6.31. The van der Waals surface area contributed by atoms with E-state index in [4.69, 9.17) is 0 Å². The first-order valence-corrected chi connectivity index (χ1v) is 8.07. The predicted molar refractivity (Wildman–Crippen MR) is 88.6 cm³/mol. The largest absolute Gasteiger partial charge is 0.322 e. The normalized spacial score (nSPS) is 18.5. The fourth-order valence-corrected chi connectivity index (χ4v) is 3.90.